The minimum absolute atomic E-state index is 0.626. The molecule has 0 aromatic carbocycles. The number of anilines is 1. The highest BCUT2D eigenvalue weighted by Crippen LogP contribution is 2.27. The lowest BCUT2D eigenvalue weighted by Crippen LogP contribution is -2.06. The van der Waals surface area contributed by atoms with Crippen molar-refractivity contribution in [2.24, 2.45) is 0 Å². The fraction of sp³-hybridized carbons (Fsp3) is 0.364. The van der Waals surface area contributed by atoms with Gasteiger partial charge in [0, 0.05) is 17.8 Å². The molecule has 17 heavy (non-hydrogen) atoms. The van der Waals surface area contributed by atoms with E-state index in [1.807, 2.05) is 20.8 Å². The van der Waals surface area contributed by atoms with Crippen LogP contribution in [0, 0.1) is 13.8 Å². The van der Waals surface area contributed by atoms with Crippen LogP contribution >= 0.6 is 22.9 Å². The molecule has 1 N–H and O–H groups in total. The van der Waals surface area contributed by atoms with Crippen LogP contribution < -0.4 is 5.32 Å². The van der Waals surface area contributed by atoms with Gasteiger partial charge >= 0.3 is 0 Å². The summed E-state index contributed by atoms with van der Waals surface area (Å²) >= 11 is 7.25. The van der Waals surface area contributed by atoms with E-state index in [-0.39, 0.29) is 0 Å². The Morgan fingerprint density at radius 1 is 1.35 bits per heavy atom. The Labute approximate surface area is 109 Å². The third-order valence-corrected chi connectivity index (χ3v) is 3.51. The van der Waals surface area contributed by atoms with Crippen molar-refractivity contribution in [2.45, 2.75) is 20.8 Å². The summed E-state index contributed by atoms with van der Waals surface area (Å²) in [5, 5.41) is 3.97. The molecule has 90 valence electrons. The molecule has 2 rings (SSSR count). The van der Waals surface area contributed by atoms with E-state index in [0.29, 0.717) is 10.2 Å². The van der Waals surface area contributed by atoms with Crippen LogP contribution in [0.15, 0.2) is 6.20 Å². The van der Waals surface area contributed by atoms with Crippen LogP contribution in [0.3, 0.4) is 0 Å². The highest BCUT2D eigenvalue weighted by Gasteiger charge is 2.11. The van der Waals surface area contributed by atoms with Crippen molar-refractivity contribution in [2.75, 3.05) is 11.9 Å². The Morgan fingerprint density at radius 3 is 2.71 bits per heavy atom. The largest absolute Gasteiger partial charge is 0.370 e. The van der Waals surface area contributed by atoms with Crippen molar-refractivity contribution in [1.29, 1.82) is 0 Å². The van der Waals surface area contributed by atoms with E-state index in [1.165, 1.54) is 11.3 Å². The molecule has 0 saturated heterocycles. The summed E-state index contributed by atoms with van der Waals surface area (Å²) in [6.45, 7) is 6.84. The number of hydrogen-bond donors (Lipinski definition) is 1. The maximum atomic E-state index is 5.87. The Bertz CT molecular complexity index is 538. The number of rotatable bonds is 3. The maximum Gasteiger partial charge on any atom is 0.190 e. The second-order valence-electron chi connectivity index (χ2n) is 3.61. The monoisotopic (exact) mass is 268 g/mol. The highest BCUT2D eigenvalue weighted by atomic mass is 35.5. The van der Waals surface area contributed by atoms with Crippen molar-refractivity contribution in [3.8, 4) is 10.8 Å². The standard InChI is InChI=1S/C11H13ClN4S/c1-4-13-9-6(2)7(3)15-10(16-9)11-14-5-8(12)17-11/h5H,4H2,1-3H3,(H,13,15,16). The SMILES string of the molecule is CCNc1nc(-c2ncc(Cl)s2)nc(C)c1C. The number of halogens is 1. The molecule has 0 unspecified atom stereocenters. The van der Waals surface area contributed by atoms with Gasteiger partial charge in [-0.25, -0.2) is 15.0 Å². The van der Waals surface area contributed by atoms with Gasteiger partial charge in [-0.05, 0) is 20.8 Å². The van der Waals surface area contributed by atoms with Crippen LogP contribution in [-0.2, 0) is 0 Å². The number of nitrogens with one attached hydrogen (secondary N) is 1. The van der Waals surface area contributed by atoms with Gasteiger partial charge < -0.3 is 5.32 Å². The number of nitrogens with zero attached hydrogens (tertiary/aromatic N) is 3. The zero-order valence-electron chi connectivity index (χ0n) is 9.91. The fourth-order valence-electron chi connectivity index (χ4n) is 1.42. The second-order valence-corrected chi connectivity index (χ2v) is 5.27. The second kappa shape index (κ2) is 4.98. The molecule has 0 amide bonds. The van der Waals surface area contributed by atoms with Gasteiger partial charge in [0.1, 0.15) is 10.2 Å². The van der Waals surface area contributed by atoms with Crippen LogP contribution in [-0.4, -0.2) is 21.5 Å². The molecule has 2 heterocycles. The number of thiazole rings is 1. The molecule has 0 radical (unpaired) electrons. The van der Waals surface area contributed by atoms with Gasteiger partial charge in [-0.2, -0.15) is 0 Å². The number of aromatic nitrogens is 3. The average Bonchev–Trinajstić information content (AvgIpc) is 2.71. The first kappa shape index (κ1) is 12.3. The first-order valence-corrected chi connectivity index (χ1v) is 6.52. The predicted molar refractivity (Wildman–Crippen MR) is 71.8 cm³/mol. The minimum Gasteiger partial charge on any atom is -0.370 e. The van der Waals surface area contributed by atoms with E-state index in [4.69, 9.17) is 11.6 Å². The molecule has 0 atom stereocenters. The molecule has 0 bridgehead atoms. The Hall–Kier alpha value is -1.20. The van der Waals surface area contributed by atoms with Gasteiger partial charge in [0.15, 0.2) is 10.8 Å². The molecule has 0 spiro atoms. The van der Waals surface area contributed by atoms with Gasteiger partial charge in [0.2, 0.25) is 0 Å². The quantitative estimate of drug-likeness (QED) is 0.928. The topological polar surface area (TPSA) is 50.7 Å². The molecule has 4 nitrogen and oxygen atoms in total. The van der Waals surface area contributed by atoms with Crippen molar-refractivity contribution < 1.29 is 0 Å². The lowest BCUT2D eigenvalue weighted by atomic mass is 10.2. The van der Waals surface area contributed by atoms with Gasteiger partial charge in [0.25, 0.3) is 0 Å². The summed E-state index contributed by atoms with van der Waals surface area (Å²) in [7, 11) is 0. The fourth-order valence-corrected chi connectivity index (χ4v) is 2.27. The van der Waals surface area contributed by atoms with Crippen molar-refractivity contribution in [3.63, 3.8) is 0 Å². The van der Waals surface area contributed by atoms with E-state index in [9.17, 15) is 0 Å². The van der Waals surface area contributed by atoms with Crippen LogP contribution in [0.5, 0.6) is 0 Å². The van der Waals surface area contributed by atoms with Crippen molar-refractivity contribution in [1.82, 2.24) is 15.0 Å². The summed E-state index contributed by atoms with van der Waals surface area (Å²) in [6.07, 6.45) is 1.62. The summed E-state index contributed by atoms with van der Waals surface area (Å²) in [5.41, 5.74) is 2.02. The van der Waals surface area contributed by atoms with E-state index >= 15 is 0 Å². The third kappa shape index (κ3) is 2.56. The summed E-state index contributed by atoms with van der Waals surface area (Å²) in [6, 6.07) is 0. The molecule has 0 fully saturated rings. The van der Waals surface area contributed by atoms with Crippen molar-refractivity contribution in [3.05, 3.63) is 21.8 Å². The molecule has 0 aliphatic carbocycles. The van der Waals surface area contributed by atoms with E-state index in [0.717, 1.165) is 28.6 Å². The lowest BCUT2D eigenvalue weighted by molar-refractivity contribution is 1.04. The molecule has 2 aromatic rings. The minimum atomic E-state index is 0.626. The first-order valence-electron chi connectivity index (χ1n) is 5.32. The van der Waals surface area contributed by atoms with Crippen molar-refractivity contribution >= 4 is 28.8 Å². The smallest absolute Gasteiger partial charge is 0.190 e. The summed E-state index contributed by atoms with van der Waals surface area (Å²) in [4.78, 5) is 13.1. The van der Waals surface area contributed by atoms with Gasteiger partial charge in [-0.3, -0.25) is 0 Å². The highest BCUT2D eigenvalue weighted by molar-refractivity contribution is 7.18. The van der Waals surface area contributed by atoms with Crippen LogP contribution in [0.2, 0.25) is 4.34 Å². The molecular formula is C11H13ClN4S. The summed E-state index contributed by atoms with van der Waals surface area (Å²) in [5.74, 6) is 1.49. The maximum absolute atomic E-state index is 5.87. The Kier molecular flexibility index (Phi) is 3.59. The lowest BCUT2D eigenvalue weighted by Gasteiger charge is -2.09. The molecular weight excluding hydrogens is 256 g/mol. The molecule has 0 saturated carbocycles. The molecule has 0 aliphatic rings. The van der Waals surface area contributed by atoms with E-state index in [2.05, 4.69) is 20.3 Å². The Balaban J connectivity index is 2.48. The molecule has 2 aromatic heterocycles. The number of hydrogen-bond acceptors (Lipinski definition) is 5. The van der Waals surface area contributed by atoms with Gasteiger partial charge in [-0.15, -0.1) is 0 Å². The normalized spacial score (nSPS) is 10.6. The predicted octanol–water partition coefficient (Wildman–Crippen LogP) is 3.30. The van der Waals surface area contributed by atoms with Gasteiger partial charge in [0.05, 0.1) is 6.20 Å². The molecule has 6 heteroatoms. The molecule has 0 aliphatic heterocycles. The third-order valence-electron chi connectivity index (χ3n) is 2.40. The zero-order valence-corrected chi connectivity index (χ0v) is 11.5. The number of aryl methyl sites for hydroxylation is 1. The van der Waals surface area contributed by atoms with Crippen LogP contribution in [0.25, 0.3) is 10.8 Å². The first-order chi connectivity index (χ1) is 8.11. The average molecular weight is 269 g/mol. The zero-order chi connectivity index (χ0) is 12.4. The van der Waals surface area contributed by atoms with E-state index in [1.54, 1.807) is 6.20 Å². The van der Waals surface area contributed by atoms with E-state index < -0.39 is 0 Å². The Morgan fingerprint density at radius 2 is 2.12 bits per heavy atom. The van der Waals surface area contributed by atoms with Gasteiger partial charge in [-0.1, -0.05) is 22.9 Å². The van der Waals surface area contributed by atoms with Crippen LogP contribution in [0.4, 0.5) is 5.82 Å². The summed E-state index contributed by atoms with van der Waals surface area (Å²) < 4.78 is 0.645. The van der Waals surface area contributed by atoms with Crippen LogP contribution in [0.1, 0.15) is 18.2 Å².